The van der Waals surface area contributed by atoms with Crippen LogP contribution in [0.3, 0.4) is 0 Å². The summed E-state index contributed by atoms with van der Waals surface area (Å²) in [5.74, 6) is -0.252. The molecule has 0 bridgehead atoms. The van der Waals surface area contributed by atoms with Crippen LogP contribution in [0.1, 0.15) is 31.3 Å². The first-order valence-corrected chi connectivity index (χ1v) is 6.62. The molecule has 0 aliphatic carbocycles. The van der Waals surface area contributed by atoms with Crippen molar-refractivity contribution in [2.75, 3.05) is 19.7 Å². The van der Waals surface area contributed by atoms with Gasteiger partial charge in [0.25, 0.3) is 0 Å². The molecular weight excluding hydrogens is 262 g/mol. The number of H-pyrrole nitrogens is 1. The predicted molar refractivity (Wildman–Crippen MR) is 70.6 cm³/mol. The minimum atomic E-state index is -0.484. The van der Waals surface area contributed by atoms with Crippen molar-refractivity contribution in [3.63, 3.8) is 0 Å². The maximum absolute atomic E-state index is 11.7. The Bertz CT molecular complexity index is 477. The molecule has 8 nitrogen and oxygen atoms in total. The number of aromatic nitrogens is 2. The lowest BCUT2D eigenvalue weighted by Crippen LogP contribution is -2.42. The van der Waals surface area contributed by atoms with Crippen LogP contribution in [0.25, 0.3) is 0 Å². The summed E-state index contributed by atoms with van der Waals surface area (Å²) in [4.78, 5) is 18.3. The lowest BCUT2D eigenvalue weighted by molar-refractivity contribution is -0.0697. The zero-order chi connectivity index (χ0) is 14.5. The van der Waals surface area contributed by atoms with Gasteiger partial charge in [-0.05, 0) is 20.8 Å². The number of ether oxygens (including phenoxy) is 2. The summed E-state index contributed by atoms with van der Waals surface area (Å²) in [5.41, 5.74) is 0.213. The van der Waals surface area contributed by atoms with Gasteiger partial charge in [0.05, 0.1) is 38.2 Å². The number of morpholine rings is 1. The highest BCUT2D eigenvalue weighted by atomic mass is 16.5. The number of esters is 1. The van der Waals surface area contributed by atoms with Gasteiger partial charge in [-0.3, -0.25) is 5.01 Å². The molecule has 8 heteroatoms. The van der Waals surface area contributed by atoms with Crippen molar-refractivity contribution in [2.45, 2.75) is 33.0 Å². The number of hydrogen-bond acceptors (Lipinski definition) is 6. The standard InChI is InChI=1S/C12H19N5O3/c1-4-19-12(18)10-11(14-7-13-10)15-16-17-5-8(2)20-9(3)6-17/h7-9H,4-6H2,1-3H3,(H,13,14)/b16-15+. The number of hydrogen-bond donors (Lipinski definition) is 1. The second kappa shape index (κ2) is 6.47. The van der Waals surface area contributed by atoms with Gasteiger partial charge in [0, 0.05) is 0 Å². The summed E-state index contributed by atoms with van der Waals surface area (Å²) in [7, 11) is 0. The second-order valence-electron chi connectivity index (χ2n) is 4.64. The fraction of sp³-hybridized carbons (Fsp3) is 0.667. The zero-order valence-electron chi connectivity index (χ0n) is 11.9. The number of nitrogens with one attached hydrogen (secondary N) is 1. The van der Waals surface area contributed by atoms with Crippen molar-refractivity contribution in [3.05, 3.63) is 12.0 Å². The molecule has 1 aliphatic rings. The molecule has 1 saturated heterocycles. The molecule has 1 fully saturated rings. The Hall–Kier alpha value is -1.96. The molecule has 1 aromatic rings. The highest BCUT2D eigenvalue weighted by molar-refractivity contribution is 5.91. The van der Waals surface area contributed by atoms with Crippen LogP contribution in [0.15, 0.2) is 16.7 Å². The normalized spacial score (nSPS) is 23.2. The molecule has 0 spiro atoms. The third-order valence-corrected chi connectivity index (χ3v) is 2.77. The lowest BCUT2D eigenvalue weighted by Gasteiger charge is -2.32. The van der Waals surface area contributed by atoms with Crippen LogP contribution in [-0.2, 0) is 9.47 Å². The van der Waals surface area contributed by atoms with E-state index in [4.69, 9.17) is 9.47 Å². The van der Waals surface area contributed by atoms with E-state index in [9.17, 15) is 4.79 Å². The minimum absolute atomic E-state index is 0.0985. The highest BCUT2D eigenvalue weighted by Gasteiger charge is 2.22. The molecule has 0 saturated carbocycles. The van der Waals surface area contributed by atoms with Gasteiger partial charge in [0.15, 0.2) is 5.69 Å². The number of nitrogens with zero attached hydrogens (tertiary/aromatic N) is 4. The van der Waals surface area contributed by atoms with E-state index in [1.807, 2.05) is 18.9 Å². The first-order chi connectivity index (χ1) is 9.60. The van der Waals surface area contributed by atoms with E-state index in [1.54, 1.807) is 6.92 Å². The van der Waals surface area contributed by atoms with E-state index < -0.39 is 5.97 Å². The first-order valence-electron chi connectivity index (χ1n) is 6.62. The van der Waals surface area contributed by atoms with Crippen LogP contribution in [0.4, 0.5) is 5.82 Å². The van der Waals surface area contributed by atoms with Gasteiger partial charge in [-0.1, -0.05) is 5.22 Å². The summed E-state index contributed by atoms with van der Waals surface area (Å²) in [6.45, 7) is 7.33. The van der Waals surface area contributed by atoms with E-state index in [2.05, 4.69) is 20.3 Å². The van der Waals surface area contributed by atoms with Crippen LogP contribution >= 0.6 is 0 Å². The SMILES string of the molecule is CCOC(=O)c1[nH]cnc1/N=N/N1CC(C)OC(C)C1. The molecule has 0 aromatic carbocycles. The van der Waals surface area contributed by atoms with Gasteiger partial charge in [0.2, 0.25) is 5.82 Å². The molecule has 1 N–H and O–H groups in total. The smallest absolute Gasteiger partial charge is 0.358 e. The molecular formula is C12H19N5O3. The summed E-state index contributed by atoms with van der Waals surface area (Å²) < 4.78 is 10.5. The molecule has 2 heterocycles. The van der Waals surface area contributed by atoms with Gasteiger partial charge in [0.1, 0.15) is 0 Å². The average molecular weight is 281 g/mol. The Morgan fingerprint density at radius 3 is 2.90 bits per heavy atom. The molecule has 2 rings (SSSR count). The van der Waals surface area contributed by atoms with Crippen molar-refractivity contribution in [1.29, 1.82) is 0 Å². The topological polar surface area (TPSA) is 92.2 Å². The Kier molecular flexibility index (Phi) is 4.67. The molecule has 1 aromatic heterocycles. The molecule has 0 amide bonds. The van der Waals surface area contributed by atoms with Crippen molar-refractivity contribution < 1.29 is 14.3 Å². The molecule has 1 aliphatic heterocycles. The van der Waals surface area contributed by atoms with Gasteiger partial charge in [-0.15, -0.1) is 5.11 Å². The minimum Gasteiger partial charge on any atom is -0.461 e. The largest absolute Gasteiger partial charge is 0.461 e. The fourth-order valence-corrected chi connectivity index (χ4v) is 2.05. The maximum atomic E-state index is 11.7. The average Bonchev–Trinajstić information content (AvgIpc) is 2.84. The first kappa shape index (κ1) is 14.4. The molecule has 0 radical (unpaired) electrons. The maximum Gasteiger partial charge on any atom is 0.358 e. The fourth-order valence-electron chi connectivity index (χ4n) is 2.05. The van der Waals surface area contributed by atoms with Gasteiger partial charge >= 0.3 is 5.97 Å². The van der Waals surface area contributed by atoms with Crippen LogP contribution in [-0.4, -0.2) is 52.9 Å². The number of imidazole rings is 1. The quantitative estimate of drug-likeness (QED) is 0.669. The van der Waals surface area contributed by atoms with Gasteiger partial charge < -0.3 is 14.5 Å². The van der Waals surface area contributed by atoms with Crippen molar-refractivity contribution in [3.8, 4) is 0 Å². The Labute approximate surface area is 117 Å². The molecule has 2 unspecified atom stereocenters. The van der Waals surface area contributed by atoms with Crippen LogP contribution < -0.4 is 0 Å². The van der Waals surface area contributed by atoms with Crippen molar-refractivity contribution in [2.24, 2.45) is 10.3 Å². The van der Waals surface area contributed by atoms with E-state index in [0.29, 0.717) is 19.7 Å². The monoisotopic (exact) mass is 281 g/mol. The third kappa shape index (κ3) is 3.53. The number of aromatic amines is 1. The Balaban J connectivity index is 2.04. The summed E-state index contributed by atoms with van der Waals surface area (Å²) in [6, 6.07) is 0. The number of rotatable bonds is 4. The predicted octanol–water partition coefficient (Wildman–Crippen LogP) is 1.69. The summed E-state index contributed by atoms with van der Waals surface area (Å²) >= 11 is 0. The third-order valence-electron chi connectivity index (χ3n) is 2.77. The molecule has 110 valence electrons. The number of carbonyl (C=O) groups excluding carboxylic acids is 1. The van der Waals surface area contributed by atoms with E-state index in [0.717, 1.165) is 0 Å². The Morgan fingerprint density at radius 1 is 1.55 bits per heavy atom. The second-order valence-corrected chi connectivity index (χ2v) is 4.64. The lowest BCUT2D eigenvalue weighted by atomic mass is 10.3. The van der Waals surface area contributed by atoms with Crippen molar-refractivity contribution in [1.82, 2.24) is 15.0 Å². The summed E-state index contributed by atoms with van der Waals surface area (Å²) in [6.07, 6.45) is 1.59. The van der Waals surface area contributed by atoms with E-state index in [-0.39, 0.29) is 23.7 Å². The molecule has 20 heavy (non-hydrogen) atoms. The Morgan fingerprint density at radius 2 is 2.25 bits per heavy atom. The zero-order valence-corrected chi connectivity index (χ0v) is 11.9. The summed E-state index contributed by atoms with van der Waals surface area (Å²) in [5, 5.41) is 9.94. The number of carbonyl (C=O) groups is 1. The van der Waals surface area contributed by atoms with Crippen LogP contribution in [0, 0.1) is 0 Å². The molecule has 2 atom stereocenters. The van der Waals surface area contributed by atoms with E-state index >= 15 is 0 Å². The van der Waals surface area contributed by atoms with E-state index in [1.165, 1.54) is 6.33 Å². The van der Waals surface area contributed by atoms with Gasteiger partial charge in [-0.2, -0.15) is 0 Å². The van der Waals surface area contributed by atoms with Crippen molar-refractivity contribution >= 4 is 11.8 Å². The van der Waals surface area contributed by atoms with Crippen LogP contribution in [0.5, 0.6) is 0 Å². The van der Waals surface area contributed by atoms with Crippen LogP contribution in [0.2, 0.25) is 0 Å². The highest BCUT2D eigenvalue weighted by Crippen LogP contribution is 2.17. The van der Waals surface area contributed by atoms with Gasteiger partial charge in [-0.25, -0.2) is 9.78 Å².